The summed E-state index contributed by atoms with van der Waals surface area (Å²) in [4.78, 5) is 56.2. The van der Waals surface area contributed by atoms with Gasteiger partial charge in [0.15, 0.2) is 0 Å². The molecule has 2 atom stereocenters. The van der Waals surface area contributed by atoms with Crippen LogP contribution >= 0.6 is 57.5 Å². The van der Waals surface area contributed by atoms with Crippen LogP contribution < -0.4 is 10.6 Å². The molecule has 2 heterocycles. The first-order valence-electron chi connectivity index (χ1n) is 15.8. The standard InChI is InChI=1S/C19H14Cl2N2O3S.C19H14ClFN2O3S/c20-12-7-5-11(6-8-12)9-15(19(25)26)22-17(24)16-10-27-18(23-16)13-3-1-2-4-14(13)21;20-14-4-2-1-3-13(14)19-23-16(10-27-19)18(26)22-15(9-17(24)25)11-5-7-12(21)8-6-11/h1-8,10,15H,9H2,(H,22,24)(H,25,26);1-8,10,15H,9H2,(H,22,26)(H,24,25)/t2*15-/m00/s1. The first-order valence-corrected chi connectivity index (χ1v) is 18.7. The van der Waals surface area contributed by atoms with Gasteiger partial charge in [-0.05, 0) is 47.5 Å². The Bertz CT molecular complexity index is 2270. The number of thiazole rings is 2. The van der Waals surface area contributed by atoms with Gasteiger partial charge in [-0.2, -0.15) is 0 Å². The molecule has 2 amide bonds. The maximum Gasteiger partial charge on any atom is 0.326 e. The molecule has 0 fully saturated rings. The molecule has 0 aliphatic heterocycles. The van der Waals surface area contributed by atoms with Crippen LogP contribution in [0, 0.1) is 5.82 Å². The molecule has 16 heteroatoms. The second-order valence-corrected chi connectivity index (χ2v) is 14.4. The van der Waals surface area contributed by atoms with Gasteiger partial charge in [0.1, 0.15) is 33.3 Å². The minimum Gasteiger partial charge on any atom is -0.481 e. The van der Waals surface area contributed by atoms with Crippen LogP contribution in [0.3, 0.4) is 0 Å². The normalized spacial score (nSPS) is 11.8. The number of nitrogens with zero attached hydrogens (tertiary/aromatic N) is 2. The summed E-state index contributed by atoms with van der Waals surface area (Å²) in [7, 11) is 0. The van der Waals surface area contributed by atoms with E-state index >= 15 is 0 Å². The molecule has 4 aromatic carbocycles. The van der Waals surface area contributed by atoms with Crippen molar-refractivity contribution in [2.24, 2.45) is 0 Å². The molecule has 276 valence electrons. The van der Waals surface area contributed by atoms with Crippen LogP contribution in [0.2, 0.25) is 15.1 Å². The smallest absolute Gasteiger partial charge is 0.326 e. The van der Waals surface area contributed by atoms with E-state index in [0.29, 0.717) is 36.2 Å². The minimum absolute atomic E-state index is 0.139. The third-order valence-corrected chi connectivity index (χ3v) is 10.3. The maximum atomic E-state index is 13.1. The third-order valence-electron chi connectivity index (χ3n) is 7.60. The van der Waals surface area contributed by atoms with Crippen LogP contribution in [0.25, 0.3) is 21.1 Å². The van der Waals surface area contributed by atoms with Crippen LogP contribution in [-0.2, 0) is 16.0 Å². The van der Waals surface area contributed by atoms with Gasteiger partial charge in [0.25, 0.3) is 11.8 Å². The summed E-state index contributed by atoms with van der Waals surface area (Å²) in [6.45, 7) is 0. The number of carbonyl (C=O) groups is 4. The van der Waals surface area contributed by atoms with Crippen molar-refractivity contribution in [3.8, 4) is 21.1 Å². The summed E-state index contributed by atoms with van der Waals surface area (Å²) in [6, 6.07) is 24.6. The van der Waals surface area contributed by atoms with Gasteiger partial charge in [-0.15, -0.1) is 22.7 Å². The van der Waals surface area contributed by atoms with Gasteiger partial charge in [0.05, 0.1) is 22.5 Å². The van der Waals surface area contributed by atoms with E-state index in [1.165, 1.54) is 46.9 Å². The van der Waals surface area contributed by atoms with E-state index in [-0.39, 0.29) is 24.2 Å². The van der Waals surface area contributed by atoms with E-state index < -0.39 is 41.7 Å². The van der Waals surface area contributed by atoms with Gasteiger partial charge < -0.3 is 20.8 Å². The van der Waals surface area contributed by atoms with E-state index in [1.807, 2.05) is 18.2 Å². The first-order chi connectivity index (χ1) is 25.9. The zero-order valence-electron chi connectivity index (χ0n) is 27.7. The summed E-state index contributed by atoms with van der Waals surface area (Å²) in [5, 5.41) is 29.7. The Labute approximate surface area is 331 Å². The number of halogens is 4. The molecule has 10 nitrogen and oxygen atoms in total. The lowest BCUT2D eigenvalue weighted by Crippen LogP contribution is -2.42. The Kier molecular flexibility index (Phi) is 13.9. The lowest BCUT2D eigenvalue weighted by molar-refractivity contribution is -0.139. The highest BCUT2D eigenvalue weighted by Crippen LogP contribution is 2.31. The molecular formula is C38H28Cl3FN4O6S2. The molecule has 0 aliphatic rings. The number of benzene rings is 4. The lowest BCUT2D eigenvalue weighted by atomic mass is 10.0. The Morgan fingerprint density at radius 2 is 1.19 bits per heavy atom. The summed E-state index contributed by atoms with van der Waals surface area (Å²) in [5.74, 6) is -3.71. The molecule has 6 rings (SSSR count). The summed E-state index contributed by atoms with van der Waals surface area (Å²) in [6.07, 6.45) is -0.196. The number of aliphatic carboxylic acids is 2. The van der Waals surface area contributed by atoms with Crippen molar-refractivity contribution in [1.82, 2.24) is 20.6 Å². The van der Waals surface area contributed by atoms with Crippen molar-refractivity contribution in [3.05, 3.63) is 151 Å². The molecule has 0 saturated carbocycles. The summed E-state index contributed by atoms with van der Waals surface area (Å²) < 4.78 is 13.1. The highest BCUT2D eigenvalue weighted by atomic mass is 35.5. The minimum atomic E-state index is -1.13. The Morgan fingerprint density at radius 1 is 0.685 bits per heavy atom. The number of rotatable bonds is 12. The number of nitrogens with one attached hydrogen (secondary N) is 2. The van der Waals surface area contributed by atoms with Crippen LogP contribution in [0.4, 0.5) is 4.39 Å². The monoisotopic (exact) mass is 824 g/mol. The number of amides is 2. The largest absolute Gasteiger partial charge is 0.481 e. The molecule has 0 unspecified atom stereocenters. The molecule has 0 saturated heterocycles. The SMILES string of the molecule is O=C(N[C@@H](Cc1ccc(Cl)cc1)C(=O)O)c1csc(-c2ccccc2Cl)n1.O=C(O)C[C@H](NC(=O)c1csc(-c2ccccc2Cl)n1)c1ccc(F)cc1. The fraction of sp³-hybridized carbons (Fsp3) is 0.105. The topological polar surface area (TPSA) is 159 Å². The number of carbonyl (C=O) groups excluding carboxylic acids is 2. The van der Waals surface area contributed by atoms with Crippen molar-refractivity contribution in [1.29, 1.82) is 0 Å². The maximum absolute atomic E-state index is 13.1. The quantitative estimate of drug-likeness (QED) is 0.0952. The highest BCUT2D eigenvalue weighted by Gasteiger charge is 2.24. The Hall–Kier alpha value is -5.18. The molecule has 6 aromatic rings. The fourth-order valence-electron chi connectivity index (χ4n) is 4.92. The van der Waals surface area contributed by atoms with Gasteiger partial charge in [0, 0.05) is 33.3 Å². The molecule has 4 N–H and O–H groups in total. The molecule has 0 spiro atoms. The molecule has 0 bridgehead atoms. The second-order valence-electron chi connectivity index (χ2n) is 11.4. The zero-order valence-corrected chi connectivity index (χ0v) is 31.6. The van der Waals surface area contributed by atoms with E-state index in [1.54, 1.807) is 65.4 Å². The number of hydrogen-bond donors (Lipinski definition) is 4. The van der Waals surface area contributed by atoms with E-state index in [9.17, 15) is 28.7 Å². The summed E-state index contributed by atoms with van der Waals surface area (Å²) >= 11 is 20.7. The van der Waals surface area contributed by atoms with E-state index in [4.69, 9.17) is 39.9 Å². The van der Waals surface area contributed by atoms with Crippen LogP contribution in [0.1, 0.15) is 44.6 Å². The first kappa shape index (κ1) is 40.0. The van der Waals surface area contributed by atoms with Crippen LogP contribution in [-0.4, -0.2) is 50.0 Å². The highest BCUT2D eigenvalue weighted by molar-refractivity contribution is 7.13. The average Bonchev–Trinajstić information content (AvgIpc) is 3.84. The average molecular weight is 826 g/mol. The summed E-state index contributed by atoms with van der Waals surface area (Å²) in [5.41, 5.74) is 2.99. The van der Waals surface area contributed by atoms with Gasteiger partial charge >= 0.3 is 11.9 Å². The van der Waals surface area contributed by atoms with Gasteiger partial charge in [-0.3, -0.25) is 14.4 Å². The lowest BCUT2D eigenvalue weighted by Gasteiger charge is -2.16. The molecular weight excluding hydrogens is 798 g/mol. The molecule has 0 radical (unpaired) electrons. The third kappa shape index (κ3) is 10.9. The zero-order chi connectivity index (χ0) is 38.8. The van der Waals surface area contributed by atoms with Gasteiger partial charge in [-0.25, -0.2) is 19.2 Å². The van der Waals surface area contributed by atoms with Crippen molar-refractivity contribution in [3.63, 3.8) is 0 Å². The molecule has 2 aromatic heterocycles. The Morgan fingerprint density at radius 3 is 1.67 bits per heavy atom. The van der Waals surface area contributed by atoms with Crippen LogP contribution in [0.5, 0.6) is 0 Å². The van der Waals surface area contributed by atoms with Crippen molar-refractivity contribution < 1.29 is 33.8 Å². The van der Waals surface area contributed by atoms with Crippen molar-refractivity contribution in [2.75, 3.05) is 0 Å². The number of aromatic nitrogens is 2. The second kappa shape index (κ2) is 18.7. The van der Waals surface area contributed by atoms with Gasteiger partial charge in [-0.1, -0.05) is 95.5 Å². The van der Waals surface area contributed by atoms with Crippen molar-refractivity contribution in [2.45, 2.75) is 24.9 Å². The number of carboxylic acid groups (broad SMARTS) is 2. The molecule has 0 aliphatic carbocycles. The predicted molar refractivity (Wildman–Crippen MR) is 208 cm³/mol. The number of carboxylic acids is 2. The molecule has 54 heavy (non-hydrogen) atoms. The van der Waals surface area contributed by atoms with Gasteiger partial charge in [0.2, 0.25) is 0 Å². The fourth-order valence-corrected chi connectivity index (χ4v) is 7.28. The van der Waals surface area contributed by atoms with Crippen LogP contribution in [0.15, 0.2) is 108 Å². The van der Waals surface area contributed by atoms with E-state index in [0.717, 1.165) is 11.1 Å². The Balaban J connectivity index is 0.000000208. The number of hydrogen-bond acceptors (Lipinski definition) is 8. The predicted octanol–water partition coefficient (Wildman–Crippen LogP) is 9.09. The van der Waals surface area contributed by atoms with Crippen molar-refractivity contribution >= 4 is 81.2 Å². The van der Waals surface area contributed by atoms with E-state index in [2.05, 4.69) is 20.6 Å².